The highest BCUT2D eigenvalue weighted by molar-refractivity contribution is 7.89. The Balaban J connectivity index is 2.30. The lowest BCUT2D eigenvalue weighted by Crippen LogP contribution is -2.35. The van der Waals surface area contributed by atoms with Crippen molar-refractivity contribution in [1.82, 2.24) is 4.31 Å². The Bertz CT molecular complexity index is 705. The molecule has 1 aromatic carbocycles. The molecule has 0 bridgehead atoms. The second kappa shape index (κ2) is 6.26. The summed E-state index contributed by atoms with van der Waals surface area (Å²) in [5.74, 6) is 0. The van der Waals surface area contributed by atoms with Crippen molar-refractivity contribution in [3.05, 3.63) is 35.4 Å². The molecule has 0 radical (unpaired) electrons. The fourth-order valence-corrected chi connectivity index (χ4v) is 3.73. The van der Waals surface area contributed by atoms with Gasteiger partial charge in [0.2, 0.25) is 10.0 Å². The average Bonchev–Trinajstić information content (AvgIpc) is 2.47. The molecule has 0 saturated carbocycles. The van der Waals surface area contributed by atoms with Gasteiger partial charge in [0, 0.05) is 25.9 Å². The quantitative estimate of drug-likeness (QED) is 0.664. The maximum Gasteiger partial charge on any atom is 0.244 e. The van der Waals surface area contributed by atoms with Gasteiger partial charge in [-0.3, -0.25) is 0 Å². The van der Waals surface area contributed by atoms with Crippen LogP contribution in [0.2, 0.25) is 0 Å². The van der Waals surface area contributed by atoms with E-state index in [2.05, 4.69) is 0 Å². The summed E-state index contributed by atoms with van der Waals surface area (Å²) in [4.78, 5) is 0.00258. The number of ether oxygens (including phenoxy) is 1. The van der Waals surface area contributed by atoms with Gasteiger partial charge in [-0.15, -0.1) is 0 Å². The lowest BCUT2D eigenvalue weighted by atomic mass is 10.1. The van der Waals surface area contributed by atoms with Crippen molar-refractivity contribution in [3.8, 4) is 6.07 Å². The number of hydrogen-bond donors (Lipinski definition) is 1. The van der Waals surface area contributed by atoms with Gasteiger partial charge in [0.25, 0.3) is 0 Å². The van der Waals surface area contributed by atoms with Crippen molar-refractivity contribution >= 4 is 15.7 Å². The number of methoxy groups -OCH3 is 1. The SMILES string of the molecule is COCC1=CCN(S(=O)(=O)c2ccc(N)cc2C#N)CC1. The van der Waals surface area contributed by atoms with Gasteiger partial charge >= 0.3 is 0 Å². The first-order valence-corrected chi connectivity index (χ1v) is 7.89. The molecule has 21 heavy (non-hydrogen) atoms. The maximum absolute atomic E-state index is 12.6. The Morgan fingerprint density at radius 3 is 2.81 bits per heavy atom. The molecular weight excluding hydrogens is 290 g/mol. The molecular formula is C14H17N3O3S. The van der Waals surface area contributed by atoms with E-state index in [1.165, 1.54) is 22.5 Å². The third-order valence-corrected chi connectivity index (χ3v) is 5.26. The highest BCUT2D eigenvalue weighted by atomic mass is 32.2. The van der Waals surface area contributed by atoms with Gasteiger partial charge in [0.05, 0.1) is 12.2 Å². The van der Waals surface area contributed by atoms with Crippen LogP contribution in [0.5, 0.6) is 0 Å². The van der Waals surface area contributed by atoms with Crippen molar-refractivity contribution in [2.24, 2.45) is 0 Å². The van der Waals surface area contributed by atoms with Crippen LogP contribution >= 0.6 is 0 Å². The molecule has 1 aliphatic heterocycles. The van der Waals surface area contributed by atoms with E-state index in [0.717, 1.165) is 5.57 Å². The summed E-state index contributed by atoms with van der Waals surface area (Å²) in [6.45, 7) is 1.18. The average molecular weight is 307 g/mol. The number of rotatable bonds is 4. The Morgan fingerprint density at radius 1 is 1.48 bits per heavy atom. The highest BCUT2D eigenvalue weighted by Crippen LogP contribution is 2.24. The van der Waals surface area contributed by atoms with E-state index >= 15 is 0 Å². The van der Waals surface area contributed by atoms with Gasteiger partial charge in [0.1, 0.15) is 11.0 Å². The summed E-state index contributed by atoms with van der Waals surface area (Å²) in [6.07, 6.45) is 2.48. The van der Waals surface area contributed by atoms with Crippen LogP contribution in [0, 0.1) is 11.3 Å². The summed E-state index contributed by atoms with van der Waals surface area (Å²) >= 11 is 0. The van der Waals surface area contributed by atoms with Gasteiger partial charge in [-0.25, -0.2) is 8.42 Å². The van der Waals surface area contributed by atoms with Crippen molar-refractivity contribution in [1.29, 1.82) is 5.26 Å². The van der Waals surface area contributed by atoms with Gasteiger partial charge in [-0.1, -0.05) is 6.08 Å². The zero-order chi connectivity index (χ0) is 15.5. The maximum atomic E-state index is 12.6. The Kier molecular flexibility index (Phi) is 4.63. The first-order chi connectivity index (χ1) is 9.98. The number of nitriles is 1. The minimum absolute atomic E-state index is 0.00258. The van der Waals surface area contributed by atoms with Crippen LogP contribution in [0.15, 0.2) is 34.7 Å². The Labute approximate surface area is 124 Å². The van der Waals surface area contributed by atoms with Gasteiger partial charge in [-0.05, 0) is 30.2 Å². The molecule has 1 heterocycles. The first kappa shape index (κ1) is 15.5. The molecule has 0 fully saturated rings. The topological polar surface area (TPSA) is 96.4 Å². The fraction of sp³-hybridized carbons (Fsp3) is 0.357. The molecule has 0 saturated heterocycles. The molecule has 0 amide bonds. The lowest BCUT2D eigenvalue weighted by Gasteiger charge is -2.26. The number of sulfonamides is 1. The zero-order valence-electron chi connectivity index (χ0n) is 11.7. The minimum Gasteiger partial charge on any atom is -0.399 e. The monoisotopic (exact) mass is 307 g/mol. The predicted molar refractivity (Wildman–Crippen MR) is 78.9 cm³/mol. The predicted octanol–water partition coefficient (Wildman–Crippen LogP) is 1.11. The van der Waals surface area contributed by atoms with Crippen molar-refractivity contribution in [2.75, 3.05) is 32.5 Å². The second-order valence-electron chi connectivity index (χ2n) is 4.78. The summed E-state index contributed by atoms with van der Waals surface area (Å²) in [6, 6.07) is 6.14. The zero-order valence-corrected chi connectivity index (χ0v) is 12.6. The molecule has 6 nitrogen and oxygen atoms in total. The molecule has 0 unspecified atom stereocenters. The van der Waals surface area contributed by atoms with Crippen LogP contribution in [0.1, 0.15) is 12.0 Å². The van der Waals surface area contributed by atoms with E-state index in [1.54, 1.807) is 7.11 Å². The van der Waals surface area contributed by atoms with E-state index in [-0.39, 0.29) is 17.0 Å². The molecule has 7 heteroatoms. The summed E-state index contributed by atoms with van der Waals surface area (Å²) in [5.41, 5.74) is 7.12. The molecule has 0 aliphatic carbocycles. The number of nitrogen functional groups attached to an aromatic ring is 1. The molecule has 1 aliphatic rings. The smallest absolute Gasteiger partial charge is 0.244 e. The number of hydrogen-bond acceptors (Lipinski definition) is 5. The van der Waals surface area contributed by atoms with Crippen molar-refractivity contribution < 1.29 is 13.2 Å². The van der Waals surface area contributed by atoms with Crippen LogP contribution in [-0.2, 0) is 14.8 Å². The van der Waals surface area contributed by atoms with E-state index in [9.17, 15) is 8.42 Å². The number of nitrogens with zero attached hydrogens (tertiary/aromatic N) is 2. The van der Waals surface area contributed by atoms with E-state index in [1.807, 2.05) is 12.1 Å². The van der Waals surface area contributed by atoms with E-state index < -0.39 is 10.0 Å². The van der Waals surface area contributed by atoms with Crippen molar-refractivity contribution in [3.63, 3.8) is 0 Å². The van der Waals surface area contributed by atoms with Crippen LogP contribution < -0.4 is 5.73 Å². The van der Waals surface area contributed by atoms with Gasteiger partial charge < -0.3 is 10.5 Å². The number of nitrogens with two attached hydrogens (primary N) is 1. The van der Waals surface area contributed by atoms with Crippen LogP contribution in [0.4, 0.5) is 5.69 Å². The van der Waals surface area contributed by atoms with E-state index in [4.69, 9.17) is 15.7 Å². The normalized spacial score (nSPS) is 16.3. The van der Waals surface area contributed by atoms with Crippen LogP contribution in [0.25, 0.3) is 0 Å². The number of benzene rings is 1. The minimum atomic E-state index is -3.69. The second-order valence-corrected chi connectivity index (χ2v) is 6.68. The molecule has 2 N–H and O–H groups in total. The fourth-order valence-electron chi connectivity index (χ4n) is 2.23. The number of anilines is 1. The summed E-state index contributed by atoms with van der Waals surface area (Å²) in [7, 11) is -2.08. The van der Waals surface area contributed by atoms with Crippen LogP contribution in [-0.4, -0.2) is 39.5 Å². The summed E-state index contributed by atoms with van der Waals surface area (Å²) < 4.78 is 31.6. The molecule has 0 atom stereocenters. The van der Waals surface area contributed by atoms with E-state index in [0.29, 0.717) is 25.3 Å². The lowest BCUT2D eigenvalue weighted by molar-refractivity contribution is 0.219. The Hall–Kier alpha value is -1.88. The molecule has 2 rings (SSSR count). The molecule has 1 aromatic rings. The standard InChI is InChI=1S/C14H17N3O3S/c1-20-10-11-4-6-17(7-5-11)21(18,19)14-3-2-13(16)8-12(14)9-15/h2-4,8H,5-7,10,16H2,1H3. The molecule has 0 spiro atoms. The highest BCUT2D eigenvalue weighted by Gasteiger charge is 2.28. The third kappa shape index (κ3) is 3.24. The Morgan fingerprint density at radius 2 is 2.24 bits per heavy atom. The first-order valence-electron chi connectivity index (χ1n) is 6.45. The van der Waals surface area contributed by atoms with Crippen molar-refractivity contribution in [2.45, 2.75) is 11.3 Å². The molecule has 112 valence electrons. The third-order valence-electron chi connectivity index (χ3n) is 3.34. The van der Waals surface area contributed by atoms with Crippen LogP contribution in [0.3, 0.4) is 0 Å². The van der Waals surface area contributed by atoms with Gasteiger partial charge in [-0.2, -0.15) is 9.57 Å². The largest absolute Gasteiger partial charge is 0.399 e. The summed E-state index contributed by atoms with van der Waals surface area (Å²) in [5, 5.41) is 9.10. The van der Waals surface area contributed by atoms with Gasteiger partial charge in [0.15, 0.2) is 0 Å². The molecule has 0 aromatic heterocycles.